The lowest BCUT2D eigenvalue weighted by Gasteiger charge is -2.54. The molecule has 1 spiro atoms. The fourth-order valence-corrected chi connectivity index (χ4v) is 6.48. The van der Waals surface area contributed by atoms with Crippen LogP contribution in [0.1, 0.15) is 18.4 Å². The summed E-state index contributed by atoms with van der Waals surface area (Å²) in [5.74, 6) is 0.800. The van der Waals surface area contributed by atoms with Gasteiger partial charge in [-0.3, -0.25) is 14.3 Å². The number of fused-ring (bicyclic) bond motifs is 1. The molecule has 43 heavy (non-hydrogen) atoms. The van der Waals surface area contributed by atoms with Crippen molar-refractivity contribution in [3.05, 3.63) is 103 Å². The van der Waals surface area contributed by atoms with E-state index in [9.17, 15) is 9.18 Å². The first-order valence-corrected chi connectivity index (χ1v) is 14.5. The van der Waals surface area contributed by atoms with E-state index in [1.54, 1.807) is 24.5 Å². The number of amides is 1. The van der Waals surface area contributed by atoms with Crippen LogP contribution in [0, 0.1) is 11.2 Å². The second-order valence-corrected chi connectivity index (χ2v) is 11.6. The number of nitrogens with zero attached hydrogens (tertiary/aromatic N) is 6. The largest absolute Gasteiger partial charge is 0.383 e. The maximum Gasteiger partial charge on any atom is 0.245 e. The molecule has 2 saturated heterocycles. The topological polar surface area (TPSA) is 93.2 Å². The first-order valence-electron chi connectivity index (χ1n) is 14.5. The van der Waals surface area contributed by atoms with Crippen LogP contribution in [0.5, 0.6) is 0 Å². The number of anilines is 1. The number of halogens is 1. The predicted octanol–water partition coefficient (Wildman–Crippen LogP) is 5.48. The number of carbonyl (C=O) groups is 1. The van der Waals surface area contributed by atoms with Crippen LogP contribution in [0.3, 0.4) is 0 Å². The average Bonchev–Trinajstić information content (AvgIpc) is 3.40. The second kappa shape index (κ2) is 10.7. The Hall–Kier alpha value is -4.89. The quantitative estimate of drug-likeness (QED) is 0.271. The lowest BCUT2D eigenvalue weighted by atomic mass is 9.72. The van der Waals surface area contributed by atoms with Crippen LogP contribution in [0.25, 0.3) is 39.4 Å². The molecule has 0 saturated carbocycles. The van der Waals surface area contributed by atoms with E-state index < -0.39 is 0 Å². The van der Waals surface area contributed by atoms with Crippen molar-refractivity contribution in [3.63, 3.8) is 0 Å². The zero-order valence-corrected chi connectivity index (χ0v) is 23.8. The van der Waals surface area contributed by atoms with Crippen molar-refractivity contribution >= 4 is 22.9 Å². The highest BCUT2D eigenvalue weighted by Gasteiger charge is 2.44. The minimum Gasteiger partial charge on any atom is -0.383 e. The van der Waals surface area contributed by atoms with Crippen molar-refractivity contribution in [2.45, 2.75) is 19.4 Å². The first kappa shape index (κ1) is 27.0. The van der Waals surface area contributed by atoms with Crippen molar-refractivity contribution in [3.8, 4) is 28.2 Å². The normalized spacial score (nSPS) is 16.3. The third-order valence-corrected chi connectivity index (χ3v) is 8.80. The molecule has 0 aliphatic carbocycles. The molecular weight excluding hydrogens is 541 g/mol. The van der Waals surface area contributed by atoms with Gasteiger partial charge in [0.15, 0.2) is 11.5 Å². The zero-order valence-electron chi connectivity index (χ0n) is 23.8. The maximum absolute atomic E-state index is 13.6. The number of benzene rings is 2. The molecule has 8 nitrogen and oxygen atoms in total. The molecule has 0 bridgehead atoms. The van der Waals surface area contributed by atoms with Crippen molar-refractivity contribution < 1.29 is 9.18 Å². The van der Waals surface area contributed by atoms with Crippen LogP contribution in [-0.2, 0) is 11.3 Å². The van der Waals surface area contributed by atoms with Crippen LogP contribution in [-0.4, -0.2) is 61.4 Å². The van der Waals surface area contributed by atoms with Gasteiger partial charge in [-0.25, -0.2) is 19.3 Å². The Balaban J connectivity index is 1.16. The number of hydrogen-bond donors (Lipinski definition) is 1. The Morgan fingerprint density at radius 2 is 1.74 bits per heavy atom. The monoisotopic (exact) mass is 573 g/mol. The Kier molecular flexibility index (Phi) is 6.74. The lowest BCUT2D eigenvalue weighted by molar-refractivity contribution is -0.131. The second-order valence-electron chi connectivity index (χ2n) is 11.6. The number of pyridine rings is 2. The van der Waals surface area contributed by atoms with Gasteiger partial charge >= 0.3 is 0 Å². The summed E-state index contributed by atoms with van der Waals surface area (Å²) in [4.78, 5) is 30.2. The summed E-state index contributed by atoms with van der Waals surface area (Å²) in [5, 5.41) is 0. The first-order chi connectivity index (χ1) is 20.9. The van der Waals surface area contributed by atoms with Crippen LogP contribution < -0.4 is 5.73 Å². The number of piperidine rings is 1. The van der Waals surface area contributed by atoms with Gasteiger partial charge < -0.3 is 10.6 Å². The predicted molar refractivity (Wildman–Crippen MR) is 166 cm³/mol. The molecule has 0 radical (unpaired) electrons. The number of aromatic nitrogens is 4. The number of carbonyl (C=O) groups excluding carboxylic acids is 1. The highest BCUT2D eigenvalue weighted by molar-refractivity contribution is 5.87. The van der Waals surface area contributed by atoms with Crippen LogP contribution >= 0.6 is 0 Å². The molecule has 216 valence electrons. The number of imidazole rings is 1. The molecule has 5 heterocycles. The van der Waals surface area contributed by atoms with Gasteiger partial charge in [0.2, 0.25) is 5.91 Å². The van der Waals surface area contributed by atoms with E-state index in [0.717, 1.165) is 73.5 Å². The van der Waals surface area contributed by atoms with Crippen LogP contribution in [0.15, 0.2) is 91.8 Å². The molecule has 2 aromatic carbocycles. The Morgan fingerprint density at radius 3 is 2.44 bits per heavy atom. The van der Waals surface area contributed by atoms with Gasteiger partial charge in [-0.2, -0.15) is 0 Å². The fraction of sp³-hybridized carbons (Fsp3) is 0.235. The van der Waals surface area contributed by atoms with Gasteiger partial charge in [-0.1, -0.05) is 30.8 Å². The average molecular weight is 574 g/mol. The molecule has 2 N–H and O–H groups in total. The molecule has 3 aromatic heterocycles. The minimum atomic E-state index is -0.281. The number of rotatable bonds is 6. The van der Waals surface area contributed by atoms with Crippen molar-refractivity contribution in [2.24, 2.45) is 5.41 Å². The molecule has 9 heteroatoms. The van der Waals surface area contributed by atoms with Crippen LogP contribution in [0.4, 0.5) is 10.2 Å². The molecule has 2 fully saturated rings. The molecular formula is C34H32FN7O. The Labute approximate surface area is 249 Å². The van der Waals surface area contributed by atoms with Gasteiger partial charge in [0, 0.05) is 56.4 Å². The van der Waals surface area contributed by atoms with E-state index >= 15 is 0 Å². The minimum absolute atomic E-state index is 0.0358. The van der Waals surface area contributed by atoms with Gasteiger partial charge in [0.1, 0.15) is 11.6 Å². The standard InChI is InChI=1S/C34H32FN7O/c1-2-30(43)41-16-13-34(14-17-41)21-40(22-34)20-23-5-11-27(12-6-23)42-29-18-25(24-7-9-26(35)10-8-24)19-38-32(29)39-33(42)28-4-3-15-37-31(28)36/h2-12,15,18-19H,1,13-14,16-17,20-22H2,(H2,36,37). The van der Waals surface area contributed by atoms with E-state index in [-0.39, 0.29) is 11.7 Å². The SMILES string of the molecule is C=CC(=O)N1CCC2(CC1)CN(Cc1ccc(-n3c(-c4cccnc4N)nc4ncc(-c5ccc(F)cc5)cc43)cc1)C2. The molecule has 0 unspecified atom stereocenters. The highest BCUT2D eigenvalue weighted by atomic mass is 19.1. The third kappa shape index (κ3) is 5.06. The van der Waals surface area contributed by atoms with E-state index in [4.69, 9.17) is 10.7 Å². The summed E-state index contributed by atoms with van der Waals surface area (Å²) in [5.41, 5.74) is 12.6. The molecule has 7 rings (SSSR count). The van der Waals surface area contributed by atoms with E-state index in [2.05, 4.69) is 50.3 Å². The fourth-order valence-electron chi connectivity index (χ4n) is 6.48. The van der Waals surface area contributed by atoms with Gasteiger partial charge in [0.05, 0.1) is 11.1 Å². The summed E-state index contributed by atoms with van der Waals surface area (Å²) < 4.78 is 15.6. The summed E-state index contributed by atoms with van der Waals surface area (Å²) in [6.07, 6.45) is 6.92. The highest BCUT2D eigenvalue weighted by Crippen LogP contribution is 2.41. The number of hydrogen-bond acceptors (Lipinski definition) is 6. The number of nitrogens with two attached hydrogens (primary N) is 1. The molecule has 1 amide bonds. The molecule has 5 aromatic rings. The summed E-state index contributed by atoms with van der Waals surface area (Å²) in [6, 6.07) is 20.7. The Morgan fingerprint density at radius 1 is 1.00 bits per heavy atom. The maximum atomic E-state index is 13.6. The number of likely N-dealkylation sites (tertiary alicyclic amines) is 2. The smallest absolute Gasteiger partial charge is 0.245 e. The van der Waals surface area contributed by atoms with Crippen molar-refractivity contribution in [2.75, 3.05) is 31.9 Å². The van der Waals surface area contributed by atoms with Gasteiger partial charge in [-0.05, 0) is 77.9 Å². The molecule has 2 aliphatic heterocycles. The van der Waals surface area contributed by atoms with E-state index in [1.807, 2.05) is 23.1 Å². The van der Waals surface area contributed by atoms with E-state index in [0.29, 0.717) is 22.7 Å². The van der Waals surface area contributed by atoms with Gasteiger partial charge in [0.25, 0.3) is 0 Å². The van der Waals surface area contributed by atoms with E-state index in [1.165, 1.54) is 23.8 Å². The zero-order chi connectivity index (χ0) is 29.6. The molecule has 0 atom stereocenters. The summed E-state index contributed by atoms with van der Waals surface area (Å²) >= 11 is 0. The summed E-state index contributed by atoms with van der Waals surface area (Å²) in [7, 11) is 0. The van der Waals surface area contributed by atoms with Crippen LogP contribution in [0.2, 0.25) is 0 Å². The third-order valence-electron chi connectivity index (χ3n) is 8.80. The number of nitrogen functional groups attached to an aromatic ring is 1. The Bertz CT molecular complexity index is 1810. The van der Waals surface area contributed by atoms with Crippen molar-refractivity contribution in [1.82, 2.24) is 29.3 Å². The van der Waals surface area contributed by atoms with Gasteiger partial charge in [-0.15, -0.1) is 0 Å². The molecule has 2 aliphatic rings. The van der Waals surface area contributed by atoms with Crippen molar-refractivity contribution in [1.29, 1.82) is 0 Å². The lowest BCUT2D eigenvalue weighted by Crippen LogP contribution is -2.60. The summed E-state index contributed by atoms with van der Waals surface area (Å²) in [6.45, 7) is 8.23.